The van der Waals surface area contributed by atoms with Gasteiger partial charge in [0.2, 0.25) is 0 Å². The van der Waals surface area contributed by atoms with Crippen molar-refractivity contribution in [3.63, 3.8) is 0 Å². The van der Waals surface area contributed by atoms with Crippen LogP contribution in [0, 0.1) is 0 Å². The van der Waals surface area contributed by atoms with Gasteiger partial charge in [-0.25, -0.2) is 0 Å². The zero-order chi connectivity index (χ0) is 23.0. The molecule has 3 aromatic carbocycles. The lowest BCUT2D eigenvalue weighted by Gasteiger charge is -2.10. The first kappa shape index (κ1) is 21.1. The van der Waals surface area contributed by atoms with E-state index in [0.29, 0.717) is 33.3 Å². The fraction of sp³-hybridized carbons (Fsp3) is 0.125. The lowest BCUT2D eigenvalue weighted by atomic mass is 10.0. The predicted molar refractivity (Wildman–Crippen MR) is 117 cm³/mol. The molecule has 0 bridgehead atoms. The molecule has 8 heteroatoms. The van der Waals surface area contributed by atoms with Gasteiger partial charge >= 0.3 is 0 Å². The Balaban J connectivity index is 1.91. The molecule has 4 aromatic rings. The highest BCUT2D eigenvalue weighted by Gasteiger charge is 2.19. The number of aliphatic hydroxyl groups is 1. The fourth-order valence-corrected chi connectivity index (χ4v) is 3.80. The van der Waals surface area contributed by atoms with Crippen molar-refractivity contribution in [2.75, 3.05) is 7.11 Å². The fourth-order valence-electron chi connectivity index (χ4n) is 3.80. The number of rotatable bonds is 6. The Bertz CT molecular complexity index is 1300. The van der Waals surface area contributed by atoms with Gasteiger partial charge in [0.25, 0.3) is 0 Å². The van der Waals surface area contributed by atoms with E-state index in [1.54, 1.807) is 22.9 Å². The average Bonchev–Trinajstić information content (AvgIpc) is 3.10. The SMILES string of the molecule is COc1cc(CO)cc2c1c(-c1cc(O)cc(O)c1)cn2CC(=O)c1cc(O)cc(O)c1. The molecule has 0 saturated heterocycles. The maximum absolute atomic E-state index is 12.9. The Morgan fingerprint density at radius 2 is 1.47 bits per heavy atom. The first-order valence-corrected chi connectivity index (χ1v) is 9.69. The van der Waals surface area contributed by atoms with E-state index in [1.807, 2.05) is 0 Å². The van der Waals surface area contributed by atoms with Crippen molar-refractivity contribution < 1.29 is 35.1 Å². The second-order valence-corrected chi connectivity index (χ2v) is 7.42. The molecular weight excluding hydrogens is 414 g/mol. The summed E-state index contributed by atoms with van der Waals surface area (Å²) in [6.07, 6.45) is 1.68. The van der Waals surface area contributed by atoms with Crippen LogP contribution in [0.1, 0.15) is 15.9 Å². The third kappa shape index (κ3) is 3.91. The Kier molecular flexibility index (Phi) is 5.38. The van der Waals surface area contributed by atoms with Gasteiger partial charge in [0, 0.05) is 34.8 Å². The number of hydrogen-bond acceptors (Lipinski definition) is 7. The number of aliphatic hydroxyl groups excluding tert-OH is 1. The van der Waals surface area contributed by atoms with E-state index < -0.39 is 0 Å². The third-order valence-corrected chi connectivity index (χ3v) is 5.16. The van der Waals surface area contributed by atoms with Crippen LogP contribution < -0.4 is 4.74 Å². The molecule has 8 nitrogen and oxygen atoms in total. The van der Waals surface area contributed by atoms with Gasteiger partial charge in [0.1, 0.15) is 28.7 Å². The Labute approximate surface area is 182 Å². The number of aromatic hydroxyl groups is 4. The number of hydrogen-bond donors (Lipinski definition) is 5. The van der Waals surface area contributed by atoms with Crippen molar-refractivity contribution >= 4 is 16.7 Å². The smallest absolute Gasteiger partial charge is 0.182 e. The van der Waals surface area contributed by atoms with E-state index in [1.165, 1.54) is 37.4 Å². The van der Waals surface area contributed by atoms with Crippen LogP contribution in [0.3, 0.4) is 0 Å². The van der Waals surface area contributed by atoms with Crippen LogP contribution >= 0.6 is 0 Å². The molecule has 0 atom stereocenters. The van der Waals surface area contributed by atoms with Crippen molar-refractivity contribution in [1.82, 2.24) is 4.57 Å². The minimum absolute atomic E-state index is 0.127. The Morgan fingerprint density at radius 3 is 2.03 bits per heavy atom. The first-order valence-electron chi connectivity index (χ1n) is 9.69. The van der Waals surface area contributed by atoms with Crippen molar-refractivity contribution in [2.45, 2.75) is 13.2 Å². The maximum Gasteiger partial charge on any atom is 0.182 e. The molecule has 0 aliphatic rings. The van der Waals surface area contributed by atoms with E-state index >= 15 is 0 Å². The Morgan fingerprint density at radius 1 is 0.875 bits per heavy atom. The standard InChI is InChI=1S/C24H21NO7/c1-32-23-3-13(12-26)2-21-24(23)20(14-4-16(27)8-17(28)5-14)10-25(21)11-22(31)15-6-18(29)9-19(30)7-15/h2-10,26-30H,11-12H2,1H3. The van der Waals surface area contributed by atoms with Gasteiger partial charge in [-0.1, -0.05) is 0 Å². The number of Topliss-reactive ketones (excluding diaryl/α,β-unsaturated/α-hetero) is 1. The summed E-state index contributed by atoms with van der Waals surface area (Å²) in [6, 6.07) is 11.2. The quantitative estimate of drug-likeness (QED) is 0.293. The number of carbonyl (C=O) groups excluding carboxylic acids is 1. The van der Waals surface area contributed by atoms with Crippen LogP contribution in [-0.2, 0) is 13.2 Å². The number of carbonyl (C=O) groups is 1. The van der Waals surface area contributed by atoms with Crippen LogP contribution in [0.5, 0.6) is 28.7 Å². The van der Waals surface area contributed by atoms with Crippen molar-refractivity contribution in [3.05, 3.63) is 65.9 Å². The predicted octanol–water partition coefficient (Wildman–Crippen LogP) is 3.51. The van der Waals surface area contributed by atoms with Gasteiger partial charge in [-0.05, 0) is 47.5 Å². The second-order valence-electron chi connectivity index (χ2n) is 7.42. The lowest BCUT2D eigenvalue weighted by molar-refractivity contribution is 0.0973. The van der Waals surface area contributed by atoms with Gasteiger partial charge in [-0.3, -0.25) is 4.79 Å². The van der Waals surface area contributed by atoms with Crippen molar-refractivity contribution in [1.29, 1.82) is 0 Å². The van der Waals surface area contributed by atoms with Gasteiger partial charge in [-0.2, -0.15) is 0 Å². The van der Waals surface area contributed by atoms with Crippen molar-refractivity contribution in [2.24, 2.45) is 0 Å². The highest BCUT2D eigenvalue weighted by molar-refractivity contribution is 6.03. The Hall–Kier alpha value is -4.17. The van der Waals surface area contributed by atoms with Crippen LogP contribution in [0.25, 0.3) is 22.0 Å². The summed E-state index contributed by atoms with van der Waals surface area (Å²) in [7, 11) is 1.48. The second kappa shape index (κ2) is 8.16. The zero-order valence-corrected chi connectivity index (χ0v) is 17.1. The lowest BCUT2D eigenvalue weighted by Crippen LogP contribution is -2.09. The summed E-state index contributed by atoms with van der Waals surface area (Å²) in [6.45, 7) is -0.379. The largest absolute Gasteiger partial charge is 0.508 e. The van der Waals surface area contributed by atoms with E-state index in [9.17, 15) is 30.3 Å². The molecule has 0 radical (unpaired) electrons. The molecular formula is C24H21NO7. The molecule has 0 saturated carbocycles. The number of nitrogens with zero attached hydrogens (tertiary/aromatic N) is 1. The molecule has 0 unspecified atom stereocenters. The third-order valence-electron chi connectivity index (χ3n) is 5.16. The molecule has 4 rings (SSSR count). The van der Waals surface area contributed by atoms with Crippen LogP contribution in [0.2, 0.25) is 0 Å². The highest BCUT2D eigenvalue weighted by atomic mass is 16.5. The normalized spacial score (nSPS) is 11.1. The molecule has 0 aliphatic heterocycles. The molecule has 164 valence electrons. The van der Waals surface area contributed by atoms with Gasteiger partial charge in [-0.15, -0.1) is 0 Å². The van der Waals surface area contributed by atoms with Crippen LogP contribution in [0.4, 0.5) is 0 Å². The number of ether oxygens (including phenoxy) is 1. The maximum atomic E-state index is 12.9. The topological polar surface area (TPSA) is 132 Å². The molecule has 0 fully saturated rings. The summed E-state index contributed by atoms with van der Waals surface area (Å²) in [5.41, 5.74) is 2.39. The number of methoxy groups -OCH3 is 1. The zero-order valence-electron chi connectivity index (χ0n) is 17.1. The molecule has 5 N–H and O–H groups in total. The van der Waals surface area contributed by atoms with Gasteiger partial charge in [0.05, 0.1) is 25.8 Å². The number of ketones is 1. The van der Waals surface area contributed by atoms with Crippen LogP contribution in [0.15, 0.2) is 54.7 Å². The van der Waals surface area contributed by atoms with Crippen LogP contribution in [-0.4, -0.2) is 43.0 Å². The van der Waals surface area contributed by atoms with E-state index in [-0.39, 0.29) is 47.5 Å². The number of aromatic nitrogens is 1. The van der Waals surface area contributed by atoms with E-state index in [4.69, 9.17) is 4.74 Å². The number of phenolic OH excluding ortho intramolecular Hbond substituents is 4. The molecule has 1 heterocycles. The monoisotopic (exact) mass is 435 g/mol. The highest BCUT2D eigenvalue weighted by Crippen LogP contribution is 2.40. The van der Waals surface area contributed by atoms with Gasteiger partial charge < -0.3 is 34.8 Å². The van der Waals surface area contributed by atoms with Gasteiger partial charge in [0.15, 0.2) is 5.78 Å². The number of phenols is 4. The molecule has 1 aromatic heterocycles. The summed E-state index contributed by atoms with van der Waals surface area (Å²) in [5, 5.41) is 49.6. The first-order chi connectivity index (χ1) is 15.3. The summed E-state index contributed by atoms with van der Waals surface area (Å²) in [4.78, 5) is 12.9. The molecule has 32 heavy (non-hydrogen) atoms. The van der Waals surface area contributed by atoms with Crippen molar-refractivity contribution in [3.8, 4) is 39.9 Å². The minimum Gasteiger partial charge on any atom is -0.508 e. The summed E-state index contributed by atoms with van der Waals surface area (Å²) in [5.74, 6) is -0.634. The molecule has 0 aliphatic carbocycles. The number of benzene rings is 3. The average molecular weight is 435 g/mol. The minimum atomic E-state index is -0.369. The molecule has 0 spiro atoms. The summed E-state index contributed by atoms with van der Waals surface area (Å²) >= 11 is 0. The van der Waals surface area contributed by atoms with E-state index in [2.05, 4.69) is 0 Å². The summed E-state index contributed by atoms with van der Waals surface area (Å²) < 4.78 is 7.18. The number of fused-ring (bicyclic) bond motifs is 1. The van der Waals surface area contributed by atoms with E-state index in [0.717, 1.165) is 6.07 Å². The molecule has 0 amide bonds.